The van der Waals surface area contributed by atoms with Gasteiger partial charge in [0.1, 0.15) is 0 Å². The first kappa shape index (κ1) is 15.3. The first-order chi connectivity index (χ1) is 9.66. The van der Waals surface area contributed by atoms with Crippen LogP contribution in [0.2, 0.25) is 0 Å². The van der Waals surface area contributed by atoms with Gasteiger partial charge in [0.05, 0.1) is 6.04 Å². The molecule has 5 heteroatoms. The zero-order chi connectivity index (χ0) is 14.4. The monoisotopic (exact) mass is 294 g/mol. The molecule has 112 valence electrons. The van der Waals surface area contributed by atoms with Gasteiger partial charge in [0.2, 0.25) is 0 Å². The molecule has 0 saturated carbocycles. The Labute approximate surface area is 126 Å². The van der Waals surface area contributed by atoms with Gasteiger partial charge in [-0.15, -0.1) is 11.3 Å². The SMILES string of the molecule is CC(C)CN=C(N)NCC(c1cccs1)N1CCCC1. The van der Waals surface area contributed by atoms with Gasteiger partial charge in [0.25, 0.3) is 0 Å². The Hall–Kier alpha value is -1.07. The first-order valence-corrected chi connectivity index (χ1v) is 8.36. The molecule has 1 aliphatic heterocycles. The first-order valence-electron chi connectivity index (χ1n) is 7.48. The van der Waals surface area contributed by atoms with Crippen LogP contribution in [-0.4, -0.2) is 37.0 Å². The molecule has 1 saturated heterocycles. The highest BCUT2D eigenvalue weighted by Crippen LogP contribution is 2.27. The van der Waals surface area contributed by atoms with E-state index in [1.54, 1.807) is 0 Å². The lowest BCUT2D eigenvalue weighted by Crippen LogP contribution is -2.40. The van der Waals surface area contributed by atoms with Crippen molar-refractivity contribution in [3.05, 3.63) is 22.4 Å². The largest absolute Gasteiger partial charge is 0.370 e. The fourth-order valence-electron chi connectivity index (χ4n) is 2.48. The number of rotatable bonds is 6. The Morgan fingerprint density at radius 3 is 2.80 bits per heavy atom. The Morgan fingerprint density at radius 2 is 2.20 bits per heavy atom. The lowest BCUT2D eigenvalue weighted by Gasteiger charge is -2.27. The second-order valence-corrected chi connectivity index (χ2v) is 6.75. The molecule has 0 spiro atoms. The van der Waals surface area contributed by atoms with Crippen LogP contribution in [0.5, 0.6) is 0 Å². The zero-order valence-corrected chi connectivity index (χ0v) is 13.3. The van der Waals surface area contributed by atoms with E-state index < -0.39 is 0 Å². The van der Waals surface area contributed by atoms with E-state index >= 15 is 0 Å². The summed E-state index contributed by atoms with van der Waals surface area (Å²) in [5, 5.41) is 5.44. The van der Waals surface area contributed by atoms with Gasteiger partial charge < -0.3 is 11.1 Å². The molecule has 1 atom stereocenters. The Bertz CT molecular complexity index is 408. The Morgan fingerprint density at radius 1 is 1.45 bits per heavy atom. The molecule has 0 bridgehead atoms. The van der Waals surface area contributed by atoms with E-state index in [0.717, 1.165) is 13.1 Å². The van der Waals surface area contributed by atoms with Crippen LogP contribution in [0, 0.1) is 5.92 Å². The van der Waals surface area contributed by atoms with Gasteiger partial charge in [-0.25, -0.2) is 0 Å². The molecular formula is C15H26N4S. The summed E-state index contributed by atoms with van der Waals surface area (Å²) in [4.78, 5) is 8.33. The van der Waals surface area contributed by atoms with Crippen molar-refractivity contribution in [2.45, 2.75) is 32.7 Å². The van der Waals surface area contributed by atoms with Crippen LogP contribution < -0.4 is 11.1 Å². The molecule has 0 aliphatic carbocycles. The molecule has 3 N–H and O–H groups in total. The van der Waals surface area contributed by atoms with Crippen molar-refractivity contribution in [3.63, 3.8) is 0 Å². The summed E-state index contributed by atoms with van der Waals surface area (Å²) in [5.41, 5.74) is 5.95. The third-order valence-corrected chi connectivity index (χ3v) is 4.53. The normalized spacial score (nSPS) is 18.6. The predicted molar refractivity (Wildman–Crippen MR) is 87.2 cm³/mol. The van der Waals surface area contributed by atoms with Gasteiger partial charge in [-0.1, -0.05) is 19.9 Å². The average Bonchev–Trinajstić information content (AvgIpc) is 3.09. The Balaban J connectivity index is 1.93. The van der Waals surface area contributed by atoms with Gasteiger partial charge in [-0.05, 0) is 43.3 Å². The highest BCUT2D eigenvalue weighted by molar-refractivity contribution is 7.10. The highest BCUT2D eigenvalue weighted by atomic mass is 32.1. The van der Waals surface area contributed by atoms with E-state index in [9.17, 15) is 0 Å². The molecule has 20 heavy (non-hydrogen) atoms. The number of aliphatic imine (C=N–C) groups is 1. The topological polar surface area (TPSA) is 53.6 Å². The maximum absolute atomic E-state index is 5.95. The summed E-state index contributed by atoms with van der Waals surface area (Å²) in [6.45, 7) is 8.30. The number of likely N-dealkylation sites (tertiary alicyclic amines) is 1. The van der Waals surface area contributed by atoms with Gasteiger partial charge in [-0.3, -0.25) is 9.89 Å². The zero-order valence-electron chi connectivity index (χ0n) is 12.5. The smallest absolute Gasteiger partial charge is 0.188 e. The van der Waals surface area contributed by atoms with Gasteiger partial charge >= 0.3 is 0 Å². The molecule has 2 rings (SSSR count). The quantitative estimate of drug-likeness (QED) is 0.626. The second-order valence-electron chi connectivity index (χ2n) is 5.77. The number of nitrogens with zero attached hydrogens (tertiary/aromatic N) is 2. The van der Waals surface area contributed by atoms with Crippen LogP contribution in [0.3, 0.4) is 0 Å². The minimum absolute atomic E-state index is 0.422. The minimum Gasteiger partial charge on any atom is -0.370 e. The van der Waals surface area contributed by atoms with Crippen LogP contribution in [-0.2, 0) is 0 Å². The molecule has 1 aromatic heterocycles. The van der Waals surface area contributed by atoms with E-state index in [1.165, 1.54) is 30.8 Å². The lowest BCUT2D eigenvalue weighted by atomic mass is 10.2. The third-order valence-electron chi connectivity index (χ3n) is 3.56. The van der Waals surface area contributed by atoms with Crippen molar-refractivity contribution in [2.24, 2.45) is 16.6 Å². The van der Waals surface area contributed by atoms with E-state index in [4.69, 9.17) is 5.73 Å². The maximum Gasteiger partial charge on any atom is 0.188 e. The fourth-order valence-corrected chi connectivity index (χ4v) is 3.34. The van der Waals surface area contributed by atoms with Crippen LogP contribution in [0.25, 0.3) is 0 Å². The molecule has 1 unspecified atom stereocenters. The van der Waals surface area contributed by atoms with E-state index in [2.05, 4.69) is 46.6 Å². The molecule has 1 aromatic rings. The summed E-state index contributed by atoms with van der Waals surface area (Å²) in [5.74, 6) is 1.11. The summed E-state index contributed by atoms with van der Waals surface area (Å²) >= 11 is 1.83. The molecule has 0 radical (unpaired) electrons. The van der Waals surface area contributed by atoms with Crippen LogP contribution >= 0.6 is 11.3 Å². The van der Waals surface area contributed by atoms with Crippen molar-refractivity contribution in [1.29, 1.82) is 0 Å². The van der Waals surface area contributed by atoms with Crippen LogP contribution in [0.4, 0.5) is 0 Å². The van der Waals surface area contributed by atoms with Crippen molar-refractivity contribution in [3.8, 4) is 0 Å². The van der Waals surface area contributed by atoms with Crippen molar-refractivity contribution < 1.29 is 0 Å². The van der Waals surface area contributed by atoms with Gasteiger partial charge in [0, 0.05) is 18.0 Å². The predicted octanol–water partition coefficient (Wildman–Crippen LogP) is 2.45. The summed E-state index contributed by atoms with van der Waals surface area (Å²) in [6.07, 6.45) is 2.61. The number of hydrogen-bond donors (Lipinski definition) is 2. The third kappa shape index (κ3) is 4.49. The number of hydrogen-bond acceptors (Lipinski definition) is 3. The van der Waals surface area contributed by atoms with Crippen molar-refractivity contribution in [1.82, 2.24) is 10.2 Å². The minimum atomic E-state index is 0.422. The van der Waals surface area contributed by atoms with E-state index in [1.807, 2.05) is 11.3 Å². The summed E-state index contributed by atoms with van der Waals surface area (Å²) in [7, 11) is 0. The number of thiophene rings is 1. The number of nitrogens with one attached hydrogen (secondary N) is 1. The van der Waals surface area contributed by atoms with Crippen molar-refractivity contribution in [2.75, 3.05) is 26.2 Å². The second kappa shape index (κ2) is 7.64. The number of nitrogens with two attached hydrogens (primary N) is 1. The van der Waals surface area contributed by atoms with Crippen molar-refractivity contribution >= 4 is 17.3 Å². The van der Waals surface area contributed by atoms with Crippen LogP contribution in [0.1, 0.15) is 37.6 Å². The maximum atomic E-state index is 5.95. The highest BCUT2D eigenvalue weighted by Gasteiger charge is 2.24. The number of guanidine groups is 1. The molecule has 2 heterocycles. The fraction of sp³-hybridized carbons (Fsp3) is 0.667. The molecule has 0 aromatic carbocycles. The molecule has 1 aliphatic rings. The van der Waals surface area contributed by atoms with E-state index in [-0.39, 0.29) is 0 Å². The molecule has 4 nitrogen and oxygen atoms in total. The Kier molecular flexibility index (Phi) is 5.86. The standard InChI is InChI=1S/C15H26N4S/c1-12(2)10-17-15(16)18-11-13(14-6-5-9-20-14)19-7-3-4-8-19/h5-6,9,12-13H,3-4,7-8,10-11H2,1-2H3,(H3,16,17,18). The molecule has 0 amide bonds. The average molecular weight is 294 g/mol. The molecule has 1 fully saturated rings. The van der Waals surface area contributed by atoms with Crippen LogP contribution in [0.15, 0.2) is 22.5 Å². The molecular weight excluding hydrogens is 268 g/mol. The van der Waals surface area contributed by atoms with Gasteiger partial charge in [0.15, 0.2) is 5.96 Å². The summed E-state index contributed by atoms with van der Waals surface area (Å²) in [6, 6.07) is 4.76. The summed E-state index contributed by atoms with van der Waals surface area (Å²) < 4.78 is 0. The van der Waals surface area contributed by atoms with Gasteiger partial charge in [-0.2, -0.15) is 0 Å². The van der Waals surface area contributed by atoms with E-state index in [0.29, 0.717) is 17.9 Å². The lowest BCUT2D eigenvalue weighted by molar-refractivity contribution is 0.249.